The van der Waals surface area contributed by atoms with Gasteiger partial charge in [-0.15, -0.1) is 0 Å². The molecule has 0 aliphatic rings. The minimum atomic E-state index is 0.310. The first-order chi connectivity index (χ1) is 7.18. The Bertz CT molecular complexity index is 508. The third-order valence-corrected chi connectivity index (χ3v) is 2.45. The lowest BCUT2D eigenvalue weighted by Crippen LogP contribution is -2.14. The third kappa shape index (κ3) is 2.05. The van der Waals surface area contributed by atoms with Crippen molar-refractivity contribution in [2.45, 2.75) is 0 Å². The van der Waals surface area contributed by atoms with Gasteiger partial charge in [0.15, 0.2) is 5.82 Å². The van der Waals surface area contributed by atoms with E-state index in [2.05, 4.69) is 26.0 Å². The Hall–Kier alpha value is -1.27. The Morgan fingerprint density at radius 3 is 2.93 bits per heavy atom. The average Bonchev–Trinajstić information content (AvgIpc) is 2.65. The molecule has 0 saturated carbocycles. The number of nitrogens with zero attached hydrogens (tertiary/aromatic N) is 3. The topological polar surface area (TPSA) is 56.7 Å². The first-order valence-corrected chi connectivity index (χ1v) is 5.34. The second kappa shape index (κ2) is 4.08. The van der Waals surface area contributed by atoms with Gasteiger partial charge in [-0.2, -0.15) is 5.10 Å². The molecule has 0 amide bonds. The Labute approximate surface area is 100 Å². The fraction of sp³-hybridized carbons (Fsp3) is 0. The van der Waals surface area contributed by atoms with Gasteiger partial charge in [-0.25, -0.2) is 9.67 Å². The lowest BCUT2D eigenvalue weighted by atomic mass is 10.2. The summed E-state index contributed by atoms with van der Waals surface area (Å²) in [5, 5.41) is 4.12. The molecule has 0 aliphatic carbocycles. The van der Waals surface area contributed by atoms with E-state index >= 15 is 0 Å². The smallest absolute Gasteiger partial charge is 0.163 e. The highest BCUT2D eigenvalue weighted by Gasteiger charge is 2.08. The van der Waals surface area contributed by atoms with Crippen molar-refractivity contribution in [3.8, 4) is 5.82 Å². The highest BCUT2D eigenvalue weighted by Crippen LogP contribution is 2.14. The number of halogens is 1. The first kappa shape index (κ1) is 10.3. The highest BCUT2D eigenvalue weighted by atomic mass is 79.9. The Balaban J connectivity index is 2.57. The second-order valence-electron chi connectivity index (χ2n) is 2.84. The van der Waals surface area contributed by atoms with E-state index < -0.39 is 0 Å². The molecule has 76 valence electrons. The summed E-state index contributed by atoms with van der Waals surface area (Å²) in [5.41, 5.74) is 6.31. The van der Waals surface area contributed by atoms with Gasteiger partial charge in [0.25, 0.3) is 0 Å². The van der Waals surface area contributed by atoms with E-state index in [9.17, 15) is 0 Å². The van der Waals surface area contributed by atoms with Gasteiger partial charge in [-0.05, 0) is 28.1 Å². The van der Waals surface area contributed by atoms with E-state index in [1.165, 1.54) is 0 Å². The molecule has 2 aromatic heterocycles. The Morgan fingerprint density at radius 1 is 1.53 bits per heavy atom. The summed E-state index contributed by atoms with van der Waals surface area (Å²) < 4.78 is 2.50. The number of rotatable bonds is 2. The van der Waals surface area contributed by atoms with Gasteiger partial charge in [0.2, 0.25) is 0 Å². The SMILES string of the molecule is NC(=S)c1cccnc1-n1cc(Br)cn1. The number of hydrogen-bond acceptors (Lipinski definition) is 3. The molecular weight excluding hydrogens is 276 g/mol. The van der Waals surface area contributed by atoms with Gasteiger partial charge in [0.05, 0.1) is 16.2 Å². The summed E-state index contributed by atoms with van der Waals surface area (Å²) in [7, 11) is 0. The molecule has 0 bridgehead atoms. The van der Waals surface area contributed by atoms with Crippen LogP contribution in [0.2, 0.25) is 0 Å². The zero-order chi connectivity index (χ0) is 10.8. The van der Waals surface area contributed by atoms with E-state index in [1.54, 1.807) is 29.3 Å². The first-order valence-electron chi connectivity index (χ1n) is 4.14. The summed E-state index contributed by atoms with van der Waals surface area (Å²) >= 11 is 8.26. The minimum Gasteiger partial charge on any atom is -0.389 e. The van der Waals surface area contributed by atoms with Crippen LogP contribution in [-0.2, 0) is 0 Å². The van der Waals surface area contributed by atoms with E-state index in [4.69, 9.17) is 18.0 Å². The maximum absolute atomic E-state index is 5.60. The van der Waals surface area contributed by atoms with Gasteiger partial charge < -0.3 is 5.73 Å². The van der Waals surface area contributed by atoms with Crippen molar-refractivity contribution in [3.63, 3.8) is 0 Å². The molecule has 2 rings (SSSR count). The molecule has 15 heavy (non-hydrogen) atoms. The molecule has 6 heteroatoms. The van der Waals surface area contributed by atoms with Crippen LogP contribution >= 0.6 is 28.1 Å². The van der Waals surface area contributed by atoms with Crippen LogP contribution in [0.15, 0.2) is 35.2 Å². The standard InChI is InChI=1S/C9H7BrN4S/c10-6-4-13-14(5-6)9-7(8(11)15)2-1-3-12-9/h1-5H,(H2,11,15). The number of hydrogen-bond donors (Lipinski definition) is 1. The van der Waals surface area contributed by atoms with E-state index in [1.807, 2.05) is 6.07 Å². The second-order valence-corrected chi connectivity index (χ2v) is 4.20. The average molecular weight is 283 g/mol. The number of nitrogens with two attached hydrogens (primary N) is 1. The summed E-state index contributed by atoms with van der Waals surface area (Å²) in [6, 6.07) is 3.61. The van der Waals surface area contributed by atoms with Crippen LogP contribution < -0.4 is 5.73 Å². The molecule has 2 aromatic rings. The monoisotopic (exact) mass is 282 g/mol. The molecule has 4 nitrogen and oxygen atoms in total. The molecule has 0 radical (unpaired) electrons. The number of aromatic nitrogens is 3. The van der Waals surface area contributed by atoms with Crippen LogP contribution in [0.25, 0.3) is 5.82 Å². The molecule has 2 N–H and O–H groups in total. The maximum Gasteiger partial charge on any atom is 0.163 e. The fourth-order valence-electron chi connectivity index (χ4n) is 1.19. The molecule has 0 aliphatic heterocycles. The van der Waals surface area contributed by atoms with Gasteiger partial charge in [0.1, 0.15) is 4.99 Å². The molecule has 0 aromatic carbocycles. The van der Waals surface area contributed by atoms with Crippen molar-refractivity contribution in [1.82, 2.24) is 14.8 Å². The van der Waals surface area contributed by atoms with Crippen LogP contribution in [0.1, 0.15) is 5.56 Å². The molecule has 2 heterocycles. The molecule has 0 spiro atoms. The van der Waals surface area contributed by atoms with Crippen molar-refractivity contribution in [2.75, 3.05) is 0 Å². The summed E-state index contributed by atoms with van der Waals surface area (Å²) in [6.07, 6.45) is 5.15. The van der Waals surface area contributed by atoms with E-state index in [0.717, 1.165) is 4.47 Å². The predicted octanol–water partition coefficient (Wildman–Crippen LogP) is 1.66. The number of pyridine rings is 1. The molecular formula is C9H7BrN4S. The van der Waals surface area contributed by atoms with Gasteiger partial charge in [-0.3, -0.25) is 0 Å². The summed E-state index contributed by atoms with van der Waals surface area (Å²) in [5.74, 6) is 0.635. The van der Waals surface area contributed by atoms with Crippen LogP contribution in [-0.4, -0.2) is 19.8 Å². The lowest BCUT2D eigenvalue weighted by molar-refractivity contribution is 0.844. The zero-order valence-electron chi connectivity index (χ0n) is 7.59. The van der Waals surface area contributed by atoms with Gasteiger partial charge >= 0.3 is 0 Å². The van der Waals surface area contributed by atoms with Crippen molar-refractivity contribution in [2.24, 2.45) is 5.73 Å². The van der Waals surface area contributed by atoms with Crippen molar-refractivity contribution < 1.29 is 0 Å². The Morgan fingerprint density at radius 2 is 2.33 bits per heavy atom. The summed E-state index contributed by atoms with van der Waals surface area (Å²) in [6.45, 7) is 0. The normalized spacial score (nSPS) is 10.2. The minimum absolute atomic E-state index is 0.310. The maximum atomic E-state index is 5.60. The van der Waals surface area contributed by atoms with Crippen LogP contribution in [0.3, 0.4) is 0 Å². The number of thiocarbonyl (C=S) groups is 1. The molecule has 0 fully saturated rings. The highest BCUT2D eigenvalue weighted by molar-refractivity contribution is 9.10. The molecule has 0 saturated heterocycles. The fourth-order valence-corrected chi connectivity index (χ4v) is 1.63. The zero-order valence-corrected chi connectivity index (χ0v) is 9.99. The van der Waals surface area contributed by atoms with Crippen LogP contribution in [0.5, 0.6) is 0 Å². The largest absolute Gasteiger partial charge is 0.389 e. The molecule has 0 atom stereocenters. The molecule has 0 unspecified atom stereocenters. The van der Waals surface area contributed by atoms with Crippen molar-refractivity contribution in [3.05, 3.63) is 40.8 Å². The Kier molecular flexibility index (Phi) is 2.79. The van der Waals surface area contributed by atoms with Gasteiger partial charge in [-0.1, -0.05) is 12.2 Å². The quantitative estimate of drug-likeness (QED) is 0.852. The van der Waals surface area contributed by atoms with E-state index in [0.29, 0.717) is 16.4 Å². The van der Waals surface area contributed by atoms with Crippen LogP contribution in [0, 0.1) is 0 Å². The van der Waals surface area contributed by atoms with E-state index in [-0.39, 0.29) is 0 Å². The third-order valence-electron chi connectivity index (χ3n) is 1.82. The lowest BCUT2D eigenvalue weighted by Gasteiger charge is -2.05. The van der Waals surface area contributed by atoms with Crippen molar-refractivity contribution >= 4 is 33.1 Å². The predicted molar refractivity (Wildman–Crippen MR) is 64.9 cm³/mol. The van der Waals surface area contributed by atoms with Gasteiger partial charge in [0, 0.05) is 12.4 Å². The summed E-state index contributed by atoms with van der Waals surface area (Å²) in [4.78, 5) is 4.51. The van der Waals surface area contributed by atoms with Crippen LogP contribution in [0.4, 0.5) is 0 Å². The van der Waals surface area contributed by atoms with Crippen molar-refractivity contribution in [1.29, 1.82) is 0 Å².